The molecule has 0 saturated heterocycles. The fraction of sp³-hybridized carbons (Fsp3) is 0.556. The van der Waals surface area contributed by atoms with E-state index in [2.05, 4.69) is 0 Å². The zero-order valence-electron chi connectivity index (χ0n) is 14.0. The average molecular weight is 332 g/mol. The van der Waals surface area contributed by atoms with Crippen LogP contribution in [0.2, 0.25) is 0 Å². The van der Waals surface area contributed by atoms with Crippen LogP contribution in [0.1, 0.15) is 54.9 Å². The molecule has 1 heterocycles. The lowest BCUT2D eigenvalue weighted by molar-refractivity contribution is -0.139. The van der Waals surface area contributed by atoms with Crippen LogP contribution in [0.3, 0.4) is 0 Å². The van der Waals surface area contributed by atoms with Crippen molar-refractivity contribution in [2.75, 3.05) is 6.61 Å². The number of benzene rings is 1. The minimum Gasteiger partial charge on any atom is -0.491 e. The highest BCUT2D eigenvalue weighted by Crippen LogP contribution is 2.30. The van der Waals surface area contributed by atoms with Gasteiger partial charge in [0.25, 0.3) is 5.91 Å². The number of rotatable bonds is 2. The first kappa shape index (κ1) is 16.8. The highest BCUT2D eigenvalue weighted by Gasteiger charge is 2.31. The van der Waals surface area contributed by atoms with Crippen molar-refractivity contribution in [3.05, 3.63) is 29.3 Å². The molecule has 1 saturated carbocycles. The number of hydrogen-bond donors (Lipinski definition) is 2. The third kappa shape index (κ3) is 3.38. The molecule has 1 aliphatic carbocycles. The summed E-state index contributed by atoms with van der Waals surface area (Å²) in [6, 6.07) is 5.02. The molecule has 2 aliphatic rings. The highest BCUT2D eigenvalue weighted by atomic mass is 16.5. The van der Waals surface area contributed by atoms with Crippen molar-refractivity contribution in [2.24, 2.45) is 5.92 Å². The molecule has 3 rings (SSSR count). The van der Waals surface area contributed by atoms with Crippen molar-refractivity contribution in [1.82, 2.24) is 10.4 Å². The van der Waals surface area contributed by atoms with Gasteiger partial charge in [0, 0.05) is 23.6 Å². The van der Waals surface area contributed by atoms with Gasteiger partial charge in [-0.25, -0.2) is 5.48 Å². The Hall–Kier alpha value is -2.08. The van der Waals surface area contributed by atoms with Crippen LogP contribution in [0.5, 0.6) is 5.75 Å². The zero-order chi connectivity index (χ0) is 17.1. The summed E-state index contributed by atoms with van der Waals surface area (Å²) in [5.41, 5.74) is 2.84. The third-order valence-corrected chi connectivity index (χ3v) is 5.02. The number of nitrogens with one attached hydrogen (secondary N) is 1. The number of nitrogens with zero attached hydrogens (tertiary/aromatic N) is 1. The SMILES string of the molecule is C[C@H]1COc2cc(C(=O)NO)ccc2CN1C(=O)C1CCCCC1. The van der Waals surface area contributed by atoms with E-state index in [1.165, 1.54) is 6.42 Å². The van der Waals surface area contributed by atoms with Gasteiger partial charge in [-0.2, -0.15) is 0 Å². The van der Waals surface area contributed by atoms with Crippen molar-refractivity contribution < 1.29 is 19.5 Å². The fourth-order valence-electron chi connectivity index (χ4n) is 3.54. The molecule has 1 aliphatic heterocycles. The molecule has 1 aromatic carbocycles. The molecule has 6 heteroatoms. The Bertz CT molecular complexity index is 625. The van der Waals surface area contributed by atoms with Crippen LogP contribution >= 0.6 is 0 Å². The van der Waals surface area contributed by atoms with E-state index in [1.807, 2.05) is 11.8 Å². The molecule has 0 aromatic heterocycles. The molecular formula is C18H24N2O4. The summed E-state index contributed by atoms with van der Waals surface area (Å²) in [6.07, 6.45) is 5.44. The second-order valence-corrected chi connectivity index (χ2v) is 6.72. The minimum atomic E-state index is -0.575. The summed E-state index contributed by atoms with van der Waals surface area (Å²) in [6.45, 7) is 2.89. The molecule has 0 unspecified atom stereocenters. The summed E-state index contributed by atoms with van der Waals surface area (Å²) in [5, 5.41) is 8.76. The van der Waals surface area contributed by atoms with Crippen LogP contribution in [-0.2, 0) is 11.3 Å². The van der Waals surface area contributed by atoms with Crippen LogP contribution in [0.4, 0.5) is 0 Å². The molecule has 24 heavy (non-hydrogen) atoms. The standard InChI is InChI=1S/C18H24N2O4/c1-12-11-24-16-9-14(17(21)19-23)7-8-15(16)10-20(12)18(22)13-5-3-2-4-6-13/h7-9,12-13,23H,2-6,10-11H2,1H3,(H,19,21)/t12-/m0/s1. The summed E-state index contributed by atoms with van der Waals surface area (Å²) in [4.78, 5) is 26.4. The largest absolute Gasteiger partial charge is 0.491 e. The minimum absolute atomic E-state index is 0.0121. The van der Waals surface area contributed by atoms with Gasteiger partial charge in [-0.1, -0.05) is 25.3 Å². The van der Waals surface area contributed by atoms with Gasteiger partial charge < -0.3 is 9.64 Å². The zero-order valence-corrected chi connectivity index (χ0v) is 14.0. The Morgan fingerprint density at radius 2 is 2.00 bits per heavy atom. The number of ether oxygens (including phenoxy) is 1. The number of carbonyl (C=O) groups excluding carboxylic acids is 2. The Morgan fingerprint density at radius 3 is 2.71 bits per heavy atom. The van der Waals surface area contributed by atoms with E-state index in [-0.39, 0.29) is 17.9 Å². The molecule has 1 atom stereocenters. The van der Waals surface area contributed by atoms with Gasteiger partial charge in [0.1, 0.15) is 12.4 Å². The first-order valence-electron chi connectivity index (χ1n) is 8.61. The lowest BCUT2D eigenvalue weighted by Crippen LogP contribution is -2.43. The molecule has 1 aromatic rings. The fourth-order valence-corrected chi connectivity index (χ4v) is 3.54. The van der Waals surface area contributed by atoms with E-state index in [4.69, 9.17) is 9.94 Å². The predicted octanol–water partition coefficient (Wildman–Crippen LogP) is 2.50. The highest BCUT2D eigenvalue weighted by molar-refractivity contribution is 5.93. The summed E-state index contributed by atoms with van der Waals surface area (Å²) in [7, 11) is 0. The van der Waals surface area contributed by atoms with E-state index in [9.17, 15) is 9.59 Å². The van der Waals surface area contributed by atoms with Gasteiger partial charge >= 0.3 is 0 Å². The van der Waals surface area contributed by atoms with Crippen LogP contribution in [0.15, 0.2) is 18.2 Å². The van der Waals surface area contributed by atoms with E-state index in [1.54, 1.807) is 23.7 Å². The first-order chi connectivity index (χ1) is 11.6. The number of amides is 2. The quantitative estimate of drug-likeness (QED) is 0.644. The van der Waals surface area contributed by atoms with Gasteiger partial charge in [0.05, 0.1) is 6.04 Å². The normalized spacial score (nSPS) is 21.4. The van der Waals surface area contributed by atoms with Gasteiger partial charge in [0.15, 0.2) is 0 Å². The van der Waals surface area contributed by atoms with Crippen molar-refractivity contribution in [3.63, 3.8) is 0 Å². The number of fused-ring (bicyclic) bond motifs is 1. The van der Waals surface area contributed by atoms with Gasteiger partial charge in [0.2, 0.25) is 5.91 Å². The Labute approximate surface area is 141 Å². The third-order valence-electron chi connectivity index (χ3n) is 5.02. The number of hydrogen-bond acceptors (Lipinski definition) is 4. The molecule has 6 nitrogen and oxygen atoms in total. The predicted molar refractivity (Wildman–Crippen MR) is 87.8 cm³/mol. The van der Waals surface area contributed by atoms with Crippen molar-refractivity contribution in [1.29, 1.82) is 0 Å². The molecule has 0 spiro atoms. The maximum atomic E-state index is 12.9. The van der Waals surface area contributed by atoms with E-state index in [0.717, 1.165) is 31.2 Å². The summed E-state index contributed by atoms with van der Waals surface area (Å²) in [5.74, 6) is 0.369. The molecule has 0 bridgehead atoms. The molecular weight excluding hydrogens is 308 g/mol. The molecule has 1 fully saturated rings. The van der Waals surface area contributed by atoms with E-state index >= 15 is 0 Å². The van der Waals surface area contributed by atoms with Crippen LogP contribution in [0, 0.1) is 5.92 Å². The van der Waals surface area contributed by atoms with Crippen molar-refractivity contribution in [3.8, 4) is 5.75 Å². The Kier molecular flexibility index (Phi) is 5.04. The van der Waals surface area contributed by atoms with Gasteiger partial charge in [-0.15, -0.1) is 0 Å². The Morgan fingerprint density at radius 1 is 1.25 bits per heavy atom. The topological polar surface area (TPSA) is 78.9 Å². The smallest absolute Gasteiger partial charge is 0.274 e. The van der Waals surface area contributed by atoms with Gasteiger partial charge in [-0.05, 0) is 31.9 Å². The first-order valence-corrected chi connectivity index (χ1v) is 8.61. The maximum Gasteiger partial charge on any atom is 0.274 e. The molecule has 0 radical (unpaired) electrons. The van der Waals surface area contributed by atoms with Crippen LogP contribution < -0.4 is 10.2 Å². The lowest BCUT2D eigenvalue weighted by Gasteiger charge is -2.32. The van der Waals surface area contributed by atoms with Crippen molar-refractivity contribution in [2.45, 2.75) is 51.6 Å². The van der Waals surface area contributed by atoms with E-state index < -0.39 is 5.91 Å². The average Bonchev–Trinajstić information content (AvgIpc) is 2.80. The van der Waals surface area contributed by atoms with Crippen molar-refractivity contribution >= 4 is 11.8 Å². The molecule has 2 amide bonds. The monoisotopic (exact) mass is 332 g/mol. The van der Waals surface area contributed by atoms with Crippen LogP contribution in [0.25, 0.3) is 0 Å². The van der Waals surface area contributed by atoms with Crippen LogP contribution in [-0.4, -0.2) is 34.6 Å². The molecule has 2 N–H and O–H groups in total. The summed E-state index contributed by atoms with van der Waals surface area (Å²) >= 11 is 0. The number of hydroxylamine groups is 1. The Balaban J connectivity index is 1.81. The lowest BCUT2D eigenvalue weighted by atomic mass is 9.88. The maximum absolute atomic E-state index is 12.9. The van der Waals surface area contributed by atoms with E-state index in [0.29, 0.717) is 24.5 Å². The van der Waals surface area contributed by atoms with Gasteiger partial charge in [-0.3, -0.25) is 14.8 Å². The second kappa shape index (κ2) is 7.21. The summed E-state index contributed by atoms with van der Waals surface area (Å²) < 4.78 is 5.81. The second-order valence-electron chi connectivity index (χ2n) is 6.72. The number of carbonyl (C=O) groups is 2. The molecule has 130 valence electrons.